The van der Waals surface area contributed by atoms with E-state index < -0.39 is 18.1 Å². The average Bonchev–Trinajstić information content (AvgIpc) is 2.69. The van der Waals surface area contributed by atoms with E-state index >= 15 is 0 Å². The topological polar surface area (TPSA) is 41.9 Å². The van der Waals surface area contributed by atoms with Crippen molar-refractivity contribution in [3.8, 4) is 5.75 Å². The Morgan fingerprint density at radius 1 is 1.10 bits per heavy atom. The van der Waals surface area contributed by atoms with E-state index in [0.29, 0.717) is 18.7 Å². The van der Waals surface area contributed by atoms with Gasteiger partial charge in [-0.1, -0.05) is 62.4 Å². The second-order valence-corrected chi connectivity index (χ2v) is 8.06. The van der Waals surface area contributed by atoms with Crippen LogP contribution in [0.4, 0.5) is 13.2 Å². The van der Waals surface area contributed by atoms with Crippen LogP contribution in [0, 0.1) is 5.92 Å². The molecule has 1 saturated heterocycles. The molecule has 0 amide bonds. The number of aliphatic hydroxyl groups is 1. The number of hydrogen-bond donors (Lipinski definition) is 1. The van der Waals surface area contributed by atoms with Gasteiger partial charge in [-0.2, -0.15) is 0 Å². The van der Waals surface area contributed by atoms with Gasteiger partial charge in [0.25, 0.3) is 0 Å². The summed E-state index contributed by atoms with van der Waals surface area (Å²) in [7, 11) is 0. The molecule has 1 N–H and O–H groups in total. The molecule has 1 aliphatic heterocycles. The lowest BCUT2D eigenvalue weighted by Crippen LogP contribution is -2.58. The fourth-order valence-electron chi connectivity index (χ4n) is 3.86. The number of nitrogens with zero attached hydrogens (tertiary/aromatic N) is 1. The van der Waals surface area contributed by atoms with Gasteiger partial charge < -0.3 is 14.6 Å². The number of morpholine rings is 1. The zero-order valence-corrected chi connectivity index (χ0v) is 17.2. The van der Waals surface area contributed by atoms with Crippen molar-refractivity contribution in [3.63, 3.8) is 0 Å². The highest BCUT2D eigenvalue weighted by Crippen LogP contribution is 2.35. The molecule has 0 aromatic heterocycles. The van der Waals surface area contributed by atoms with Gasteiger partial charge in [0.2, 0.25) is 0 Å². The van der Waals surface area contributed by atoms with Crippen molar-refractivity contribution in [3.05, 3.63) is 65.7 Å². The smallest absolute Gasteiger partial charge is 0.406 e. The largest absolute Gasteiger partial charge is 0.573 e. The lowest BCUT2D eigenvalue weighted by atomic mass is 9.79. The first-order chi connectivity index (χ1) is 14.2. The van der Waals surface area contributed by atoms with Crippen LogP contribution in [0.1, 0.15) is 25.0 Å². The van der Waals surface area contributed by atoms with Crippen LogP contribution < -0.4 is 4.74 Å². The second-order valence-electron chi connectivity index (χ2n) is 8.06. The maximum absolute atomic E-state index is 12.8. The van der Waals surface area contributed by atoms with Gasteiger partial charge in [0.05, 0.1) is 18.3 Å². The molecular weight excluding hydrogens is 395 g/mol. The number of rotatable bonds is 7. The lowest BCUT2D eigenvalue weighted by Gasteiger charge is -2.44. The molecular formula is C23H28F3NO3. The van der Waals surface area contributed by atoms with Crippen LogP contribution in [0.5, 0.6) is 5.75 Å². The molecule has 2 atom stereocenters. The van der Waals surface area contributed by atoms with E-state index in [2.05, 4.69) is 9.64 Å². The average molecular weight is 423 g/mol. The normalized spacial score (nSPS) is 20.2. The summed E-state index contributed by atoms with van der Waals surface area (Å²) in [6.45, 7) is 6.11. The summed E-state index contributed by atoms with van der Waals surface area (Å²) >= 11 is 0. The summed E-state index contributed by atoms with van der Waals surface area (Å²) in [6.07, 6.45) is -5.32. The van der Waals surface area contributed by atoms with Crippen molar-refractivity contribution in [1.82, 2.24) is 4.90 Å². The first-order valence-corrected chi connectivity index (χ1v) is 10.1. The predicted octanol–water partition coefficient (Wildman–Crippen LogP) is 4.42. The zero-order valence-electron chi connectivity index (χ0n) is 17.2. The molecule has 2 unspecified atom stereocenters. The van der Waals surface area contributed by atoms with Crippen LogP contribution in [0.2, 0.25) is 0 Å². The van der Waals surface area contributed by atoms with E-state index in [-0.39, 0.29) is 18.1 Å². The Labute approximate surface area is 175 Å². The van der Waals surface area contributed by atoms with Crippen LogP contribution in [-0.2, 0) is 17.7 Å². The fraction of sp³-hybridized carbons (Fsp3) is 0.478. The number of benzene rings is 2. The molecule has 1 heterocycles. The number of halogens is 3. The van der Waals surface area contributed by atoms with Crippen molar-refractivity contribution in [2.45, 2.75) is 44.9 Å². The Bertz CT molecular complexity index is 813. The molecule has 0 bridgehead atoms. The molecule has 1 fully saturated rings. The second kappa shape index (κ2) is 9.37. The molecule has 0 aliphatic carbocycles. The van der Waals surface area contributed by atoms with Crippen LogP contribution in [-0.4, -0.2) is 47.8 Å². The standard InChI is InChI=1S/C23H28F3NO3/c1-17(2)22(28,14-19-10-6-7-11-20(19)30-23(24,25)26)21-16-27(12-13-29-21)15-18-8-4-3-5-9-18/h3-11,17,21,28H,12-16H2,1-2H3. The molecule has 0 spiro atoms. The van der Waals surface area contributed by atoms with Gasteiger partial charge >= 0.3 is 6.36 Å². The van der Waals surface area contributed by atoms with Crippen LogP contribution in [0.3, 0.4) is 0 Å². The minimum absolute atomic E-state index is 0.000758. The van der Waals surface area contributed by atoms with Gasteiger partial charge in [-0.05, 0) is 23.1 Å². The van der Waals surface area contributed by atoms with Crippen molar-refractivity contribution < 1.29 is 27.8 Å². The molecule has 1 aliphatic rings. The van der Waals surface area contributed by atoms with Gasteiger partial charge in [0.15, 0.2) is 0 Å². The summed E-state index contributed by atoms with van der Waals surface area (Å²) in [5.74, 6) is -0.529. The highest BCUT2D eigenvalue weighted by Gasteiger charge is 2.44. The van der Waals surface area contributed by atoms with Gasteiger partial charge in [-0.25, -0.2) is 0 Å². The Balaban J connectivity index is 1.79. The first-order valence-electron chi connectivity index (χ1n) is 10.1. The van der Waals surface area contributed by atoms with Gasteiger partial charge in [0.1, 0.15) is 5.75 Å². The van der Waals surface area contributed by atoms with Gasteiger partial charge in [-0.15, -0.1) is 13.2 Å². The molecule has 30 heavy (non-hydrogen) atoms. The Morgan fingerprint density at radius 3 is 2.43 bits per heavy atom. The molecule has 7 heteroatoms. The van der Waals surface area contributed by atoms with Crippen LogP contribution >= 0.6 is 0 Å². The zero-order chi connectivity index (χ0) is 21.8. The first kappa shape index (κ1) is 22.6. The molecule has 2 aromatic carbocycles. The minimum Gasteiger partial charge on any atom is -0.406 e. The van der Waals surface area contributed by atoms with Crippen LogP contribution in [0.15, 0.2) is 54.6 Å². The van der Waals surface area contributed by atoms with E-state index in [1.165, 1.54) is 12.1 Å². The summed E-state index contributed by atoms with van der Waals surface area (Å²) in [5, 5.41) is 11.6. The highest BCUT2D eigenvalue weighted by molar-refractivity contribution is 5.35. The molecule has 0 radical (unpaired) electrons. The Morgan fingerprint density at radius 2 is 1.77 bits per heavy atom. The quantitative estimate of drug-likeness (QED) is 0.716. The summed E-state index contributed by atoms with van der Waals surface area (Å²) < 4.78 is 48.5. The summed E-state index contributed by atoms with van der Waals surface area (Å²) in [4.78, 5) is 2.20. The van der Waals surface area contributed by atoms with Crippen molar-refractivity contribution in [2.24, 2.45) is 5.92 Å². The van der Waals surface area contributed by atoms with Crippen molar-refractivity contribution in [2.75, 3.05) is 19.7 Å². The van der Waals surface area contributed by atoms with E-state index in [4.69, 9.17) is 4.74 Å². The molecule has 4 nitrogen and oxygen atoms in total. The number of para-hydroxylation sites is 1. The van der Waals surface area contributed by atoms with E-state index in [0.717, 1.165) is 18.7 Å². The molecule has 3 rings (SSSR count). The molecule has 164 valence electrons. The molecule has 2 aromatic rings. The van der Waals surface area contributed by atoms with E-state index in [1.807, 2.05) is 44.2 Å². The maximum atomic E-state index is 12.8. The van der Waals surface area contributed by atoms with Gasteiger partial charge in [-0.3, -0.25) is 4.90 Å². The maximum Gasteiger partial charge on any atom is 0.573 e. The third-order valence-electron chi connectivity index (χ3n) is 5.63. The number of ether oxygens (including phenoxy) is 2. The van der Waals surface area contributed by atoms with Crippen LogP contribution in [0.25, 0.3) is 0 Å². The fourth-order valence-corrected chi connectivity index (χ4v) is 3.86. The SMILES string of the molecule is CC(C)C(O)(Cc1ccccc1OC(F)(F)F)C1CN(Cc2ccccc2)CCO1. The predicted molar refractivity (Wildman–Crippen MR) is 108 cm³/mol. The Hall–Kier alpha value is -2.09. The third-order valence-corrected chi connectivity index (χ3v) is 5.63. The molecule has 0 saturated carbocycles. The Kier molecular flexibility index (Phi) is 7.06. The van der Waals surface area contributed by atoms with Crippen molar-refractivity contribution >= 4 is 0 Å². The van der Waals surface area contributed by atoms with E-state index in [9.17, 15) is 18.3 Å². The summed E-state index contributed by atoms with van der Waals surface area (Å²) in [5.41, 5.74) is 0.116. The summed E-state index contributed by atoms with van der Waals surface area (Å²) in [6, 6.07) is 16.0. The minimum atomic E-state index is -4.79. The number of alkyl halides is 3. The monoisotopic (exact) mass is 423 g/mol. The van der Waals surface area contributed by atoms with Crippen molar-refractivity contribution in [1.29, 1.82) is 0 Å². The number of hydrogen-bond acceptors (Lipinski definition) is 4. The van der Waals surface area contributed by atoms with E-state index in [1.54, 1.807) is 12.1 Å². The van der Waals surface area contributed by atoms with Gasteiger partial charge in [0, 0.05) is 26.1 Å². The lowest BCUT2D eigenvalue weighted by molar-refractivity contribution is -0.275. The third kappa shape index (κ3) is 5.74. The highest BCUT2D eigenvalue weighted by atomic mass is 19.4.